The highest BCUT2D eigenvalue weighted by atomic mass is 32.2. The highest BCUT2D eigenvalue weighted by molar-refractivity contribution is 8.16. The molecule has 0 saturated heterocycles. The number of thiophene rings is 3. The van der Waals surface area contributed by atoms with Crippen LogP contribution < -0.4 is 0 Å². The molecule has 0 amide bonds. The van der Waals surface area contributed by atoms with E-state index in [1.807, 2.05) is 65.8 Å². The van der Waals surface area contributed by atoms with Crippen molar-refractivity contribution < 1.29 is 19.8 Å². The van der Waals surface area contributed by atoms with Gasteiger partial charge >= 0.3 is 11.9 Å². The van der Waals surface area contributed by atoms with Gasteiger partial charge in [0.25, 0.3) is 0 Å². The molecule has 0 fully saturated rings. The van der Waals surface area contributed by atoms with Gasteiger partial charge in [0.05, 0.1) is 12.8 Å². The van der Waals surface area contributed by atoms with Crippen LogP contribution in [0.5, 0.6) is 0 Å². The predicted molar refractivity (Wildman–Crippen MR) is 179 cm³/mol. The van der Waals surface area contributed by atoms with Crippen molar-refractivity contribution in [2.24, 2.45) is 0 Å². The minimum absolute atomic E-state index is 0.104. The van der Waals surface area contributed by atoms with Gasteiger partial charge in [-0.3, -0.25) is 9.59 Å². The third kappa shape index (κ3) is 10.3. The minimum atomic E-state index is -0.928. The van der Waals surface area contributed by atoms with Gasteiger partial charge in [0, 0.05) is 44.0 Å². The van der Waals surface area contributed by atoms with Crippen molar-refractivity contribution in [2.45, 2.75) is 54.4 Å². The summed E-state index contributed by atoms with van der Waals surface area (Å²) in [5.41, 5.74) is 1.37. The number of rotatable bonds is 12. The lowest BCUT2D eigenvalue weighted by Gasteiger charge is -2.09. The molecule has 0 radical (unpaired) electrons. The molecule has 3 aromatic heterocycles. The normalized spacial score (nSPS) is 10.0. The number of carboxylic acids is 2. The van der Waals surface area contributed by atoms with Crippen LogP contribution in [0.15, 0.2) is 55.5 Å². The molecule has 0 aliphatic carbocycles. The molecule has 2 N–H and O–H groups in total. The number of hydrogen-bond donors (Lipinski definition) is 2. The summed E-state index contributed by atoms with van der Waals surface area (Å²) in [6.07, 6.45) is -0.234. The summed E-state index contributed by atoms with van der Waals surface area (Å²) in [6, 6.07) is 7.85. The summed E-state index contributed by atoms with van der Waals surface area (Å²) < 4.78 is 0. The Bertz CT molecular complexity index is 1350. The molecule has 39 heavy (non-hydrogen) atoms. The zero-order valence-electron chi connectivity index (χ0n) is 23.3. The van der Waals surface area contributed by atoms with Crippen LogP contribution in [0.3, 0.4) is 0 Å². The van der Waals surface area contributed by atoms with Crippen molar-refractivity contribution in [1.29, 1.82) is 0 Å². The van der Waals surface area contributed by atoms with E-state index in [1.165, 1.54) is 51.1 Å². The lowest BCUT2D eigenvalue weighted by molar-refractivity contribution is -0.137. The SMILES string of the molecule is C=C(C)SC(=C)c1cc(CC(=O)O)c(C(=C)SC(=C)c2sc(-c3ccc(C)s3)cc2CC(=O)O)s1.CC.CC. The Kier molecular flexibility index (Phi) is 14.9. The Morgan fingerprint density at radius 1 is 0.744 bits per heavy atom. The third-order valence-electron chi connectivity index (χ3n) is 4.61. The fourth-order valence-corrected chi connectivity index (χ4v) is 8.23. The van der Waals surface area contributed by atoms with Gasteiger partial charge in [-0.2, -0.15) is 0 Å². The van der Waals surface area contributed by atoms with Crippen LogP contribution >= 0.6 is 57.5 Å². The largest absolute Gasteiger partial charge is 0.481 e. The first-order valence-electron chi connectivity index (χ1n) is 12.3. The maximum absolute atomic E-state index is 11.5. The van der Waals surface area contributed by atoms with E-state index in [0.717, 1.165) is 34.2 Å². The topological polar surface area (TPSA) is 74.6 Å². The monoisotopic (exact) mass is 620 g/mol. The molecule has 4 nitrogen and oxygen atoms in total. The number of aliphatic carboxylic acids is 2. The Labute approximate surface area is 252 Å². The number of carboxylic acid groups (broad SMARTS) is 2. The summed E-state index contributed by atoms with van der Waals surface area (Å²) in [4.78, 5) is 31.7. The van der Waals surface area contributed by atoms with Crippen LogP contribution in [0.1, 0.15) is 65.3 Å². The molecular weight excluding hydrogens is 585 g/mol. The molecular formula is C30H36O4S5. The molecule has 0 aromatic carbocycles. The predicted octanol–water partition coefficient (Wildman–Crippen LogP) is 10.8. The van der Waals surface area contributed by atoms with Crippen LogP contribution in [0.25, 0.3) is 24.5 Å². The number of hydrogen-bond acceptors (Lipinski definition) is 7. The molecule has 0 aliphatic rings. The lowest BCUT2D eigenvalue weighted by atomic mass is 10.1. The van der Waals surface area contributed by atoms with Gasteiger partial charge < -0.3 is 10.2 Å². The molecule has 3 heterocycles. The quantitative estimate of drug-likeness (QED) is 0.210. The van der Waals surface area contributed by atoms with Gasteiger partial charge in [-0.15, -0.1) is 34.0 Å². The molecule has 3 rings (SSSR count). The fourth-order valence-electron chi connectivity index (χ4n) is 3.25. The number of thioether (sulfide) groups is 2. The Morgan fingerprint density at radius 2 is 1.26 bits per heavy atom. The van der Waals surface area contributed by atoms with E-state index < -0.39 is 11.9 Å². The van der Waals surface area contributed by atoms with Gasteiger partial charge in [-0.1, -0.05) is 77.5 Å². The first-order chi connectivity index (χ1) is 18.4. The first-order valence-corrected chi connectivity index (χ1v) is 16.4. The van der Waals surface area contributed by atoms with Crippen molar-refractivity contribution in [3.63, 3.8) is 0 Å². The highest BCUT2D eigenvalue weighted by Gasteiger charge is 2.21. The molecule has 0 unspecified atom stereocenters. The second-order valence-corrected chi connectivity index (χ2v) is 13.6. The van der Waals surface area contributed by atoms with Crippen LogP contribution in [-0.4, -0.2) is 22.2 Å². The van der Waals surface area contributed by atoms with Crippen molar-refractivity contribution in [3.8, 4) is 9.75 Å². The summed E-state index contributed by atoms with van der Waals surface area (Å²) in [6.45, 7) is 28.4. The van der Waals surface area contributed by atoms with Crippen molar-refractivity contribution in [1.82, 2.24) is 0 Å². The molecule has 9 heteroatoms. The Morgan fingerprint density at radius 3 is 1.72 bits per heavy atom. The summed E-state index contributed by atoms with van der Waals surface area (Å²) in [5.74, 6) is -1.84. The van der Waals surface area contributed by atoms with E-state index in [4.69, 9.17) is 0 Å². The van der Waals surface area contributed by atoms with Crippen molar-refractivity contribution in [3.05, 3.63) is 86.1 Å². The van der Waals surface area contributed by atoms with Gasteiger partial charge in [0.2, 0.25) is 0 Å². The average Bonchev–Trinajstić information content (AvgIpc) is 3.59. The van der Waals surface area contributed by atoms with Crippen LogP contribution in [0.4, 0.5) is 0 Å². The van der Waals surface area contributed by atoms with Crippen molar-refractivity contribution >= 4 is 84.2 Å². The van der Waals surface area contributed by atoms with Crippen molar-refractivity contribution in [2.75, 3.05) is 0 Å². The van der Waals surface area contributed by atoms with Gasteiger partial charge in [0.15, 0.2) is 0 Å². The molecule has 0 aliphatic heterocycles. The lowest BCUT2D eigenvalue weighted by Crippen LogP contribution is -2.01. The van der Waals surface area contributed by atoms with E-state index in [-0.39, 0.29) is 12.8 Å². The van der Waals surface area contributed by atoms with E-state index in [1.54, 1.807) is 11.3 Å². The summed E-state index contributed by atoms with van der Waals surface area (Å²) in [7, 11) is 0. The molecule has 0 spiro atoms. The van der Waals surface area contributed by atoms with E-state index in [9.17, 15) is 19.8 Å². The number of aryl methyl sites for hydroxylation is 1. The fraction of sp³-hybridized carbons (Fsp3) is 0.267. The average molecular weight is 621 g/mol. The smallest absolute Gasteiger partial charge is 0.307 e. The van der Waals surface area contributed by atoms with Gasteiger partial charge in [-0.25, -0.2) is 0 Å². The molecule has 0 bridgehead atoms. The number of allylic oxidation sites excluding steroid dienone is 1. The van der Waals surface area contributed by atoms with Gasteiger partial charge in [-0.05, 0) is 54.1 Å². The molecule has 3 aromatic rings. The number of carbonyl (C=O) groups is 2. The second kappa shape index (κ2) is 16.7. The van der Waals surface area contributed by atoms with Crippen LogP contribution in [0, 0.1) is 6.92 Å². The summed E-state index contributed by atoms with van der Waals surface area (Å²) in [5, 5.41) is 18.9. The first kappa shape index (κ1) is 34.7. The van der Waals surface area contributed by atoms with Gasteiger partial charge in [0.1, 0.15) is 0 Å². The minimum Gasteiger partial charge on any atom is -0.481 e. The standard InChI is InChI=1S/C26H24O4S5.2C2H6/c1-13(2)31-15(4)21-9-18(11-23(27)28)25(34-21)16(5)33-17(6)26-19(12-24(29)30)10-22(35-26)20-8-7-14(3)32-20;2*1-2/h7-10H,1,4-6,11-12H2,2-3H3,(H,27,28)(H,29,30);2*1-2H3. The zero-order valence-corrected chi connectivity index (χ0v) is 27.4. The van der Waals surface area contributed by atoms with Crippen LogP contribution in [-0.2, 0) is 22.4 Å². The maximum atomic E-state index is 11.5. The van der Waals surface area contributed by atoms with E-state index in [2.05, 4.69) is 26.3 Å². The Balaban J connectivity index is 0.00000181. The van der Waals surface area contributed by atoms with Crippen LogP contribution in [0.2, 0.25) is 0 Å². The van der Waals surface area contributed by atoms with E-state index >= 15 is 0 Å². The second-order valence-electron chi connectivity index (χ2n) is 7.66. The van der Waals surface area contributed by atoms with E-state index in [0.29, 0.717) is 20.9 Å². The highest BCUT2D eigenvalue weighted by Crippen LogP contribution is 2.48. The summed E-state index contributed by atoms with van der Waals surface area (Å²) >= 11 is 7.40. The zero-order chi connectivity index (χ0) is 29.9. The third-order valence-corrected chi connectivity index (χ3v) is 10.4. The molecule has 0 atom stereocenters. The molecule has 210 valence electrons. The Hall–Kier alpha value is -2.30. The molecule has 0 saturated carbocycles. The maximum Gasteiger partial charge on any atom is 0.307 e.